The quantitative estimate of drug-likeness (QED) is 0.563. The first-order chi connectivity index (χ1) is 17.6. The number of rotatable bonds is 5. The lowest BCUT2D eigenvalue weighted by Crippen LogP contribution is -2.58. The molecule has 3 amide bonds. The van der Waals surface area contributed by atoms with Gasteiger partial charge in [0.05, 0.1) is 36.7 Å². The van der Waals surface area contributed by atoms with Gasteiger partial charge < -0.3 is 15.4 Å². The van der Waals surface area contributed by atoms with Crippen molar-refractivity contribution in [3.05, 3.63) is 64.7 Å². The number of halogens is 3. The standard InChI is InChI=1S/C24H22F3N7O3/c1-12-21(23(28)35)31-32(2)22(12)18-8-20(17(27)9-29-18)37-16-10-33(11-16)24(36)34-19(3-4-30-34)13-5-14(25)7-15(26)6-13/h4-9,16,19H,3,10-11H2,1-2H3,(H2,28,35)/t19-/m0/s1. The number of nitrogens with zero attached hydrogens (tertiary/aromatic N) is 6. The smallest absolute Gasteiger partial charge is 0.341 e. The lowest BCUT2D eigenvalue weighted by molar-refractivity contribution is 0.0256. The minimum atomic E-state index is -0.738. The van der Waals surface area contributed by atoms with E-state index in [9.17, 15) is 22.8 Å². The zero-order valence-electron chi connectivity index (χ0n) is 19.9. The monoisotopic (exact) mass is 513 g/mol. The highest BCUT2D eigenvalue weighted by molar-refractivity contribution is 5.94. The molecule has 4 heterocycles. The summed E-state index contributed by atoms with van der Waals surface area (Å²) in [5.74, 6) is -2.93. The Kier molecular flexibility index (Phi) is 6.05. The lowest BCUT2D eigenvalue weighted by Gasteiger charge is -2.41. The third kappa shape index (κ3) is 4.47. The third-order valence-corrected chi connectivity index (χ3v) is 6.29. The molecule has 2 N–H and O–H groups in total. The van der Waals surface area contributed by atoms with E-state index in [4.69, 9.17) is 10.5 Å². The van der Waals surface area contributed by atoms with Gasteiger partial charge in [-0.25, -0.2) is 23.0 Å². The topological polar surface area (TPSA) is 119 Å². The summed E-state index contributed by atoms with van der Waals surface area (Å²) in [5, 5.41) is 9.35. The summed E-state index contributed by atoms with van der Waals surface area (Å²) in [6, 6.07) is 3.41. The largest absolute Gasteiger partial charge is 0.483 e. The SMILES string of the molecule is Cc1c(C(N)=O)nn(C)c1-c1cc(OC2CN(C(=O)N3N=CC[C@H]3c3cc(F)cc(F)c3)C2)c(F)cn1. The summed E-state index contributed by atoms with van der Waals surface area (Å²) in [6.45, 7) is 1.97. The Balaban J connectivity index is 1.27. The highest BCUT2D eigenvalue weighted by Gasteiger charge is 2.39. The van der Waals surface area contributed by atoms with Crippen LogP contribution in [0.2, 0.25) is 0 Å². The maximum Gasteiger partial charge on any atom is 0.341 e. The Morgan fingerprint density at radius 2 is 1.81 bits per heavy atom. The molecule has 0 bridgehead atoms. The van der Waals surface area contributed by atoms with E-state index in [1.54, 1.807) is 14.0 Å². The van der Waals surface area contributed by atoms with E-state index in [1.807, 2.05) is 0 Å². The highest BCUT2D eigenvalue weighted by Crippen LogP contribution is 2.33. The first-order valence-corrected chi connectivity index (χ1v) is 11.3. The molecule has 0 radical (unpaired) electrons. The van der Waals surface area contributed by atoms with Crippen molar-refractivity contribution >= 4 is 18.2 Å². The van der Waals surface area contributed by atoms with Gasteiger partial charge >= 0.3 is 6.03 Å². The molecule has 2 aliphatic rings. The van der Waals surface area contributed by atoms with Gasteiger partial charge in [0.2, 0.25) is 0 Å². The number of benzene rings is 1. The Hall–Kier alpha value is -4.42. The normalized spacial score (nSPS) is 17.3. The van der Waals surface area contributed by atoms with Gasteiger partial charge in [0.25, 0.3) is 5.91 Å². The maximum atomic E-state index is 14.5. The second-order valence-corrected chi connectivity index (χ2v) is 8.83. The van der Waals surface area contributed by atoms with E-state index < -0.39 is 41.5 Å². The molecule has 5 rings (SSSR count). The van der Waals surface area contributed by atoms with Crippen LogP contribution in [0.1, 0.15) is 34.1 Å². The van der Waals surface area contributed by atoms with Crippen molar-refractivity contribution in [1.29, 1.82) is 0 Å². The fourth-order valence-electron chi connectivity index (χ4n) is 4.50. The van der Waals surface area contributed by atoms with Crippen LogP contribution < -0.4 is 10.5 Å². The number of aryl methyl sites for hydroxylation is 1. The minimum absolute atomic E-state index is 0.0735. The van der Waals surface area contributed by atoms with Crippen molar-refractivity contribution in [1.82, 2.24) is 24.7 Å². The minimum Gasteiger partial charge on any atom is -0.483 e. The van der Waals surface area contributed by atoms with Gasteiger partial charge in [0, 0.05) is 37.4 Å². The van der Waals surface area contributed by atoms with E-state index >= 15 is 0 Å². The molecule has 1 aromatic carbocycles. The van der Waals surface area contributed by atoms with Crippen LogP contribution in [-0.2, 0) is 7.05 Å². The van der Waals surface area contributed by atoms with Crippen LogP contribution in [-0.4, -0.2) is 62.0 Å². The molecule has 192 valence electrons. The van der Waals surface area contributed by atoms with Crippen molar-refractivity contribution in [3.63, 3.8) is 0 Å². The molecule has 2 aliphatic heterocycles. The predicted octanol–water partition coefficient (Wildman–Crippen LogP) is 2.92. The number of hydrogen-bond acceptors (Lipinski definition) is 6. The average molecular weight is 513 g/mol. The van der Waals surface area contributed by atoms with E-state index in [-0.39, 0.29) is 24.5 Å². The molecular formula is C24H22F3N7O3. The van der Waals surface area contributed by atoms with Gasteiger partial charge in [0.1, 0.15) is 17.7 Å². The Morgan fingerprint density at radius 1 is 1.11 bits per heavy atom. The Labute approximate surface area is 209 Å². The molecular weight excluding hydrogens is 491 g/mol. The number of nitrogens with two attached hydrogens (primary N) is 1. The number of amides is 3. The number of ether oxygens (including phenoxy) is 1. The van der Waals surface area contributed by atoms with Crippen LogP contribution in [0.4, 0.5) is 18.0 Å². The number of urea groups is 1. The fourth-order valence-corrected chi connectivity index (χ4v) is 4.50. The summed E-state index contributed by atoms with van der Waals surface area (Å²) >= 11 is 0. The molecule has 2 aromatic heterocycles. The highest BCUT2D eigenvalue weighted by atomic mass is 19.1. The van der Waals surface area contributed by atoms with E-state index in [1.165, 1.54) is 39.0 Å². The van der Waals surface area contributed by atoms with Crippen LogP contribution in [0, 0.1) is 24.4 Å². The fraction of sp³-hybridized carbons (Fsp3) is 0.292. The van der Waals surface area contributed by atoms with Crippen LogP contribution in [0.3, 0.4) is 0 Å². The number of hydrazone groups is 1. The van der Waals surface area contributed by atoms with E-state index in [0.717, 1.165) is 12.3 Å². The molecule has 3 aromatic rings. The molecule has 0 spiro atoms. The van der Waals surface area contributed by atoms with Gasteiger partial charge in [-0.1, -0.05) is 0 Å². The van der Waals surface area contributed by atoms with E-state index in [2.05, 4.69) is 15.2 Å². The summed E-state index contributed by atoms with van der Waals surface area (Å²) in [5.41, 5.74) is 7.06. The number of aromatic nitrogens is 3. The van der Waals surface area contributed by atoms with Crippen molar-refractivity contribution in [3.8, 4) is 17.1 Å². The van der Waals surface area contributed by atoms with E-state index in [0.29, 0.717) is 28.9 Å². The number of hydrogen-bond donors (Lipinski definition) is 1. The predicted molar refractivity (Wildman–Crippen MR) is 125 cm³/mol. The van der Waals surface area contributed by atoms with Crippen molar-refractivity contribution < 1.29 is 27.5 Å². The average Bonchev–Trinajstić information content (AvgIpc) is 3.41. The van der Waals surface area contributed by atoms with Crippen LogP contribution in [0.15, 0.2) is 35.6 Å². The second-order valence-electron chi connectivity index (χ2n) is 8.83. The number of carbonyl (C=O) groups excluding carboxylic acids is 2. The van der Waals surface area contributed by atoms with Crippen LogP contribution in [0.25, 0.3) is 11.4 Å². The summed E-state index contributed by atoms with van der Waals surface area (Å²) < 4.78 is 49.1. The Morgan fingerprint density at radius 3 is 2.46 bits per heavy atom. The summed E-state index contributed by atoms with van der Waals surface area (Å²) in [4.78, 5) is 30.1. The molecule has 37 heavy (non-hydrogen) atoms. The molecule has 1 atom stereocenters. The molecule has 13 heteroatoms. The first kappa shape index (κ1) is 24.3. The molecule has 0 saturated carbocycles. The summed E-state index contributed by atoms with van der Waals surface area (Å²) in [6.07, 6.45) is 2.33. The zero-order chi connectivity index (χ0) is 26.4. The molecule has 0 aliphatic carbocycles. The molecule has 10 nitrogen and oxygen atoms in total. The molecule has 0 unspecified atom stereocenters. The number of likely N-dealkylation sites (tertiary alicyclic amines) is 1. The molecule has 1 saturated heterocycles. The Bertz CT molecular complexity index is 1410. The lowest BCUT2D eigenvalue weighted by atomic mass is 10.0. The number of carbonyl (C=O) groups is 2. The van der Waals surface area contributed by atoms with Crippen LogP contribution >= 0.6 is 0 Å². The zero-order valence-corrected chi connectivity index (χ0v) is 19.9. The van der Waals surface area contributed by atoms with Gasteiger partial charge in [0.15, 0.2) is 17.3 Å². The van der Waals surface area contributed by atoms with Crippen molar-refractivity contribution in [2.24, 2.45) is 17.9 Å². The molecule has 1 fully saturated rings. The first-order valence-electron chi connectivity index (χ1n) is 11.3. The van der Waals surface area contributed by atoms with Crippen molar-refractivity contribution in [2.75, 3.05) is 13.1 Å². The van der Waals surface area contributed by atoms with Crippen LogP contribution in [0.5, 0.6) is 5.75 Å². The third-order valence-electron chi connectivity index (χ3n) is 6.29. The summed E-state index contributed by atoms with van der Waals surface area (Å²) in [7, 11) is 1.61. The number of pyridine rings is 1. The van der Waals surface area contributed by atoms with Gasteiger partial charge in [-0.15, -0.1) is 0 Å². The van der Waals surface area contributed by atoms with Crippen molar-refractivity contribution in [2.45, 2.75) is 25.5 Å². The van der Waals surface area contributed by atoms with Gasteiger partial charge in [-0.05, 0) is 24.6 Å². The van der Waals surface area contributed by atoms with Gasteiger partial charge in [-0.2, -0.15) is 10.2 Å². The van der Waals surface area contributed by atoms with Gasteiger partial charge in [-0.3, -0.25) is 14.5 Å². The maximum absolute atomic E-state index is 14.5. The number of primary amides is 1. The second kappa shape index (κ2) is 9.22.